The van der Waals surface area contributed by atoms with Crippen LogP contribution < -0.4 is 5.73 Å². The van der Waals surface area contributed by atoms with Crippen LogP contribution in [0.15, 0.2) is 28.7 Å². The Bertz CT molecular complexity index is 702. The van der Waals surface area contributed by atoms with Gasteiger partial charge in [0.15, 0.2) is 5.58 Å². The first-order valence-electron chi connectivity index (χ1n) is 5.06. The predicted molar refractivity (Wildman–Crippen MR) is 66.4 cm³/mol. The summed E-state index contributed by atoms with van der Waals surface area (Å²) in [6.45, 7) is 1.97. The van der Waals surface area contributed by atoms with Crippen molar-refractivity contribution in [3.8, 4) is 11.5 Å². The van der Waals surface area contributed by atoms with Gasteiger partial charge in [-0.3, -0.25) is 0 Å². The zero-order chi connectivity index (χ0) is 12.0. The van der Waals surface area contributed by atoms with E-state index in [4.69, 9.17) is 10.2 Å². The van der Waals surface area contributed by atoms with Gasteiger partial charge < -0.3 is 10.2 Å². The topological polar surface area (TPSA) is 52.0 Å². The third-order valence-corrected chi connectivity index (χ3v) is 3.34. The second-order valence-corrected chi connectivity index (χ2v) is 5.05. The van der Waals surface area contributed by atoms with Crippen LogP contribution in [0.4, 0.5) is 9.39 Å². The molecule has 0 saturated carbocycles. The van der Waals surface area contributed by atoms with Crippen LogP contribution in [0.25, 0.3) is 22.6 Å². The number of nitrogens with two attached hydrogens (primary N) is 1. The zero-order valence-corrected chi connectivity index (χ0v) is 9.84. The number of oxazole rings is 1. The number of fused-ring (bicyclic) bond motifs is 1. The molecule has 3 nitrogen and oxygen atoms in total. The van der Waals surface area contributed by atoms with Crippen LogP contribution in [-0.4, -0.2) is 4.98 Å². The molecule has 0 amide bonds. The van der Waals surface area contributed by atoms with Gasteiger partial charge in [0.05, 0.1) is 10.6 Å². The van der Waals surface area contributed by atoms with Gasteiger partial charge in [-0.25, -0.2) is 9.37 Å². The Hall–Kier alpha value is -1.88. The summed E-state index contributed by atoms with van der Waals surface area (Å²) in [5.74, 6) is 0.0992. The molecule has 0 fully saturated rings. The minimum absolute atomic E-state index is 0.338. The quantitative estimate of drug-likeness (QED) is 0.716. The standard InChI is InChI=1S/C12H9FN2OS/c1-6-4-8(11(14)17-6)12-15-9-3-2-7(13)5-10(9)16-12/h2-5H,14H2,1H3. The highest BCUT2D eigenvalue weighted by atomic mass is 32.1. The molecule has 2 aromatic heterocycles. The molecular formula is C12H9FN2OS. The number of hydrogen-bond acceptors (Lipinski definition) is 4. The lowest BCUT2D eigenvalue weighted by molar-refractivity contribution is 0.603. The number of aromatic nitrogens is 1. The minimum Gasteiger partial charge on any atom is -0.436 e. The largest absolute Gasteiger partial charge is 0.436 e. The molecule has 0 spiro atoms. The molecule has 2 heterocycles. The average Bonchev–Trinajstić information content (AvgIpc) is 2.80. The number of halogens is 1. The second kappa shape index (κ2) is 3.56. The first kappa shape index (κ1) is 10.3. The highest BCUT2D eigenvalue weighted by molar-refractivity contribution is 7.16. The highest BCUT2D eigenvalue weighted by Crippen LogP contribution is 2.34. The number of thiophene rings is 1. The molecule has 0 saturated heterocycles. The molecular weight excluding hydrogens is 239 g/mol. The van der Waals surface area contributed by atoms with Gasteiger partial charge in [0, 0.05) is 10.9 Å². The summed E-state index contributed by atoms with van der Waals surface area (Å²) in [4.78, 5) is 5.38. The van der Waals surface area contributed by atoms with Crippen molar-refractivity contribution in [1.82, 2.24) is 4.98 Å². The molecule has 2 N–H and O–H groups in total. The second-order valence-electron chi connectivity index (χ2n) is 3.77. The van der Waals surface area contributed by atoms with Crippen LogP contribution >= 0.6 is 11.3 Å². The number of nitrogen functional groups attached to an aromatic ring is 1. The molecule has 0 aliphatic rings. The number of nitrogens with zero attached hydrogens (tertiary/aromatic N) is 1. The van der Waals surface area contributed by atoms with E-state index in [9.17, 15) is 4.39 Å². The Morgan fingerprint density at radius 2 is 2.18 bits per heavy atom. The normalized spacial score (nSPS) is 11.2. The van der Waals surface area contributed by atoms with Gasteiger partial charge in [0.2, 0.25) is 5.89 Å². The molecule has 0 bridgehead atoms. The van der Waals surface area contributed by atoms with Crippen molar-refractivity contribution in [1.29, 1.82) is 0 Å². The Morgan fingerprint density at radius 3 is 2.88 bits per heavy atom. The van der Waals surface area contributed by atoms with Gasteiger partial charge in [0.25, 0.3) is 0 Å². The van der Waals surface area contributed by atoms with Crippen molar-refractivity contribution >= 4 is 27.4 Å². The fraction of sp³-hybridized carbons (Fsp3) is 0.0833. The fourth-order valence-electron chi connectivity index (χ4n) is 1.71. The summed E-state index contributed by atoms with van der Waals surface area (Å²) >= 11 is 1.48. The van der Waals surface area contributed by atoms with Crippen LogP contribution in [0.2, 0.25) is 0 Å². The molecule has 1 aromatic carbocycles. The van der Waals surface area contributed by atoms with Crippen LogP contribution in [0.3, 0.4) is 0 Å². The van der Waals surface area contributed by atoms with Crippen LogP contribution in [0.5, 0.6) is 0 Å². The van der Waals surface area contributed by atoms with Gasteiger partial charge >= 0.3 is 0 Å². The molecule has 0 unspecified atom stereocenters. The summed E-state index contributed by atoms with van der Waals surface area (Å²) in [5.41, 5.74) is 7.70. The van der Waals surface area contributed by atoms with Gasteiger partial charge in [-0.05, 0) is 25.1 Å². The van der Waals surface area contributed by atoms with E-state index in [1.807, 2.05) is 13.0 Å². The summed E-state index contributed by atoms with van der Waals surface area (Å²) in [6, 6.07) is 6.19. The van der Waals surface area contributed by atoms with Crippen molar-refractivity contribution in [2.75, 3.05) is 5.73 Å². The summed E-state index contributed by atoms with van der Waals surface area (Å²) in [7, 11) is 0. The van der Waals surface area contributed by atoms with Gasteiger partial charge in [0.1, 0.15) is 11.3 Å². The Labute approximate surface area is 101 Å². The zero-order valence-electron chi connectivity index (χ0n) is 9.03. The lowest BCUT2D eigenvalue weighted by atomic mass is 10.3. The molecule has 3 aromatic rings. The van der Waals surface area contributed by atoms with E-state index in [0.717, 1.165) is 10.4 Å². The van der Waals surface area contributed by atoms with Crippen molar-refractivity contribution in [2.24, 2.45) is 0 Å². The third kappa shape index (κ3) is 1.68. The van der Waals surface area contributed by atoms with E-state index < -0.39 is 0 Å². The first-order chi connectivity index (χ1) is 8.13. The van der Waals surface area contributed by atoms with Crippen LogP contribution in [0.1, 0.15) is 4.88 Å². The smallest absolute Gasteiger partial charge is 0.230 e. The predicted octanol–water partition coefficient (Wildman–Crippen LogP) is 3.59. The maximum atomic E-state index is 13.0. The van der Waals surface area contributed by atoms with Crippen LogP contribution in [-0.2, 0) is 0 Å². The third-order valence-electron chi connectivity index (χ3n) is 2.46. The van der Waals surface area contributed by atoms with Gasteiger partial charge in [-0.2, -0.15) is 0 Å². The Morgan fingerprint density at radius 1 is 1.35 bits per heavy atom. The van der Waals surface area contributed by atoms with E-state index in [1.54, 1.807) is 6.07 Å². The van der Waals surface area contributed by atoms with Gasteiger partial charge in [-0.15, -0.1) is 11.3 Å². The maximum absolute atomic E-state index is 13.0. The van der Waals surface area contributed by atoms with Crippen LogP contribution in [0, 0.1) is 12.7 Å². The van der Waals surface area contributed by atoms with E-state index >= 15 is 0 Å². The monoisotopic (exact) mass is 248 g/mol. The van der Waals surface area contributed by atoms with E-state index in [1.165, 1.54) is 23.5 Å². The van der Waals surface area contributed by atoms with Gasteiger partial charge in [-0.1, -0.05) is 0 Å². The van der Waals surface area contributed by atoms with E-state index in [2.05, 4.69) is 4.98 Å². The minimum atomic E-state index is -0.338. The molecule has 0 atom stereocenters. The van der Waals surface area contributed by atoms with Crippen molar-refractivity contribution in [2.45, 2.75) is 6.92 Å². The highest BCUT2D eigenvalue weighted by Gasteiger charge is 2.13. The number of hydrogen-bond donors (Lipinski definition) is 1. The molecule has 5 heteroatoms. The number of anilines is 1. The molecule has 0 aliphatic heterocycles. The summed E-state index contributed by atoms with van der Waals surface area (Å²) < 4.78 is 18.5. The number of rotatable bonds is 1. The van der Waals surface area contributed by atoms with Crippen molar-refractivity contribution < 1.29 is 8.81 Å². The number of benzene rings is 1. The molecule has 0 aliphatic carbocycles. The Kier molecular flexibility index (Phi) is 2.16. The lowest BCUT2D eigenvalue weighted by Gasteiger charge is -1.90. The summed E-state index contributed by atoms with van der Waals surface area (Å²) in [6.07, 6.45) is 0. The lowest BCUT2D eigenvalue weighted by Crippen LogP contribution is -1.82. The first-order valence-corrected chi connectivity index (χ1v) is 5.87. The fourth-order valence-corrected chi connectivity index (χ4v) is 2.49. The molecule has 86 valence electrons. The Balaban J connectivity index is 2.21. The summed E-state index contributed by atoms with van der Waals surface area (Å²) in [5, 5.41) is 0.662. The van der Waals surface area contributed by atoms with Crippen molar-refractivity contribution in [3.63, 3.8) is 0 Å². The molecule has 0 radical (unpaired) electrons. The number of aryl methyl sites for hydroxylation is 1. The molecule has 17 heavy (non-hydrogen) atoms. The van der Waals surface area contributed by atoms with Crippen molar-refractivity contribution in [3.05, 3.63) is 35.0 Å². The van der Waals surface area contributed by atoms with E-state index in [-0.39, 0.29) is 5.82 Å². The van der Waals surface area contributed by atoms with E-state index in [0.29, 0.717) is 22.0 Å². The molecule has 3 rings (SSSR count). The maximum Gasteiger partial charge on any atom is 0.230 e. The average molecular weight is 248 g/mol. The SMILES string of the molecule is Cc1cc(-c2nc3ccc(F)cc3o2)c(N)s1.